The summed E-state index contributed by atoms with van der Waals surface area (Å²) < 4.78 is 5.59. The zero-order valence-electron chi connectivity index (χ0n) is 31.5. The van der Waals surface area contributed by atoms with Crippen LogP contribution < -0.4 is 32.3 Å². The smallest absolute Gasteiger partial charge is 0.410 e. The van der Waals surface area contributed by atoms with Gasteiger partial charge >= 0.3 is 12.1 Å². The van der Waals surface area contributed by atoms with Crippen LogP contribution in [0.4, 0.5) is 15.3 Å². The second-order valence-electron chi connectivity index (χ2n) is 14.7. The number of nitrogens with two attached hydrogens (primary N) is 1. The third-order valence-electron chi connectivity index (χ3n) is 10.4. The zero-order valence-corrected chi connectivity index (χ0v) is 31.5. The van der Waals surface area contributed by atoms with Crippen LogP contribution in [-0.2, 0) is 35.3 Å². The van der Waals surface area contributed by atoms with Crippen molar-refractivity contribution in [2.75, 3.05) is 44.6 Å². The average Bonchev–Trinajstić information content (AvgIpc) is 3.47. The minimum atomic E-state index is -0.995. The maximum Gasteiger partial charge on any atom is 0.410 e. The molecule has 1 aromatic rings. The van der Waals surface area contributed by atoms with Crippen molar-refractivity contribution in [3.63, 3.8) is 0 Å². The Balaban J connectivity index is 1.24. The first-order valence-electron chi connectivity index (χ1n) is 19.0. The third-order valence-corrected chi connectivity index (χ3v) is 10.4. The number of likely N-dealkylation sites (tertiary alicyclic amines) is 1. The summed E-state index contributed by atoms with van der Waals surface area (Å²) >= 11 is 0. The molecule has 0 bridgehead atoms. The molecule has 296 valence electrons. The molecule has 0 aromatic heterocycles. The van der Waals surface area contributed by atoms with Gasteiger partial charge in [0, 0.05) is 50.4 Å². The van der Waals surface area contributed by atoms with Gasteiger partial charge in [-0.3, -0.25) is 28.9 Å². The van der Waals surface area contributed by atoms with E-state index in [1.807, 2.05) is 0 Å². The van der Waals surface area contributed by atoms with Gasteiger partial charge in [0.1, 0.15) is 18.7 Å². The highest BCUT2D eigenvalue weighted by Gasteiger charge is 2.37. The lowest BCUT2D eigenvalue weighted by molar-refractivity contribution is -0.137. The number of carbonyl (C=O) groups is 7. The monoisotopic (exact) mass is 752 g/mol. The fourth-order valence-corrected chi connectivity index (χ4v) is 6.98. The molecule has 3 aliphatic rings. The predicted octanol–water partition coefficient (Wildman–Crippen LogP) is 2.29. The van der Waals surface area contributed by atoms with Crippen LogP contribution in [0.25, 0.3) is 0 Å². The Hall–Kier alpha value is -4.99. The first-order valence-corrected chi connectivity index (χ1v) is 19.0. The number of piperidine rings is 2. The molecule has 7 N–H and O–H groups in total. The Labute approximate surface area is 316 Å². The maximum atomic E-state index is 13.5. The number of carbonyl (C=O) groups excluding carboxylic acids is 7. The minimum absolute atomic E-state index is 0.0881. The molecule has 0 radical (unpaired) electrons. The molecule has 4 rings (SSSR count). The topological polar surface area (TPSA) is 221 Å². The molecular formula is C38H56N8O8. The molecule has 16 nitrogen and oxygen atoms in total. The Morgan fingerprint density at radius 1 is 0.870 bits per heavy atom. The van der Waals surface area contributed by atoms with Gasteiger partial charge < -0.3 is 42.0 Å². The van der Waals surface area contributed by atoms with Crippen LogP contribution >= 0.6 is 0 Å². The fraction of sp³-hybridized carbons (Fsp3) is 0.605. The van der Waals surface area contributed by atoms with Crippen LogP contribution in [0.15, 0.2) is 36.4 Å². The second kappa shape index (κ2) is 20.5. The molecule has 2 saturated heterocycles. The number of nitrogens with zero attached hydrogens (tertiary/aromatic N) is 2. The van der Waals surface area contributed by atoms with Crippen molar-refractivity contribution in [3.05, 3.63) is 42.0 Å². The molecule has 2 atom stereocenters. The Morgan fingerprint density at radius 3 is 2.17 bits per heavy atom. The molecule has 2 fully saturated rings. The number of primary amides is 1. The summed E-state index contributed by atoms with van der Waals surface area (Å²) in [5.74, 6) is -2.33. The number of urea groups is 1. The summed E-state index contributed by atoms with van der Waals surface area (Å²) in [5.41, 5.74) is 6.73. The average molecular weight is 753 g/mol. The Morgan fingerprint density at radius 2 is 1.54 bits per heavy atom. The van der Waals surface area contributed by atoms with Gasteiger partial charge in [0.25, 0.3) is 11.8 Å². The number of unbranched alkanes of at least 4 members (excludes halogenated alkanes) is 2. The largest absolute Gasteiger partial charge is 0.445 e. The predicted molar refractivity (Wildman–Crippen MR) is 200 cm³/mol. The van der Waals surface area contributed by atoms with E-state index >= 15 is 0 Å². The van der Waals surface area contributed by atoms with E-state index in [4.69, 9.17) is 10.5 Å². The normalized spacial score (nSPS) is 17.6. The highest BCUT2D eigenvalue weighted by atomic mass is 16.6. The van der Waals surface area contributed by atoms with Gasteiger partial charge in [0.2, 0.25) is 17.7 Å². The third kappa shape index (κ3) is 12.8. The van der Waals surface area contributed by atoms with E-state index < -0.39 is 29.9 Å². The van der Waals surface area contributed by atoms with Gasteiger partial charge in [0.15, 0.2) is 0 Å². The molecule has 0 unspecified atom stereocenters. The maximum absolute atomic E-state index is 13.5. The lowest BCUT2D eigenvalue weighted by atomic mass is 9.72. The SMILES string of the molecule is CC(C)[C@H](NC(=O)CCCCCN1C(=O)C=CC1=O)C(=O)N[C@@H](CCCNC(N)=O)C(=O)Nc1ccc(COC(=O)N2CCC3(CCNCC3)CC2)cc1. The Kier molecular flexibility index (Phi) is 15.8. The van der Waals surface area contributed by atoms with E-state index in [0.29, 0.717) is 49.9 Å². The number of benzene rings is 1. The molecule has 0 saturated carbocycles. The molecule has 1 spiro atoms. The number of nitrogens with one attached hydrogen (secondary N) is 5. The first kappa shape index (κ1) is 41.8. The molecule has 1 aromatic carbocycles. The summed E-state index contributed by atoms with van der Waals surface area (Å²) in [7, 11) is 0. The van der Waals surface area contributed by atoms with E-state index in [0.717, 1.165) is 49.2 Å². The van der Waals surface area contributed by atoms with E-state index in [-0.39, 0.29) is 62.3 Å². The zero-order chi connectivity index (χ0) is 39.1. The summed E-state index contributed by atoms with van der Waals surface area (Å²) in [6, 6.07) is 4.26. The number of hydrogen-bond donors (Lipinski definition) is 6. The van der Waals surface area contributed by atoms with Crippen molar-refractivity contribution in [2.45, 2.75) is 96.7 Å². The number of hydrogen-bond acceptors (Lipinski definition) is 9. The quantitative estimate of drug-likeness (QED) is 0.0956. The van der Waals surface area contributed by atoms with Crippen LogP contribution in [0, 0.1) is 11.3 Å². The summed E-state index contributed by atoms with van der Waals surface area (Å²) in [6.45, 7) is 7.56. The lowest BCUT2D eigenvalue weighted by Gasteiger charge is -2.44. The molecule has 54 heavy (non-hydrogen) atoms. The van der Waals surface area contributed by atoms with Crippen LogP contribution in [0.2, 0.25) is 0 Å². The standard InChI is InChI=1S/C38H56N8O8/c1-26(2)33(44-30(47)8-4-3-5-22-46-31(48)13-14-32(46)49)35(51)43-29(7-6-19-41-36(39)52)34(50)42-28-11-9-27(10-12-28)25-54-37(53)45-23-17-38(18-24-45)15-20-40-21-16-38/h9-14,26,29,33,40H,3-8,15-25H2,1-2H3,(H,42,50)(H,43,51)(H,44,47)(H3,39,41,52)/t29-,33-/m0/s1. The van der Waals surface area contributed by atoms with Crippen molar-refractivity contribution < 1.29 is 38.3 Å². The van der Waals surface area contributed by atoms with Crippen molar-refractivity contribution in [3.8, 4) is 0 Å². The molecule has 16 heteroatoms. The number of ether oxygens (including phenoxy) is 1. The lowest BCUT2D eigenvalue weighted by Crippen LogP contribution is -2.54. The molecular weight excluding hydrogens is 696 g/mol. The summed E-state index contributed by atoms with van der Waals surface area (Å²) in [4.78, 5) is 90.0. The van der Waals surface area contributed by atoms with Crippen LogP contribution in [0.3, 0.4) is 0 Å². The Bertz CT molecular complexity index is 1500. The first-order chi connectivity index (χ1) is 25.9. The number of rotatable bonds is 18. The van der Waals surface area contributed by atoms with Gasteiger partial charge in [-0.25, -0.2) is 9.59 Å². The van der Waals surface area contributed by atoms with Crippen molar-refractivity contribution in [1.82, 2.24) is 31.1 Å². The highest BCUT2D eigenvalue weighted by molar-refractivity contribution is 6.12. The van der Waals surface area contributed by atoms with Gasteiger partial charge in [-0.05, 0) is 93.5 Å². The number of amides is 8. The summed E-state index contributed by atoms with van der Waals surface area (Å²) in [5, 5.41) is 14.3. The van der Waals surface area contributed by atoms with E-state index in [2.05, 4.69) is 26.6 Å². The van der Waals surface area contributed by atoms with Crippen molar-refractivity contribution in [2.24, 2.45) is 17.1 Å². The molecule has 3 heterocycles. The minimum Gasteiger partial charge on any atom is -0.445 e. The van der Waals surface area contributed by atoms with Crippen LogP contribution in [-0.4, -0.2) is 103 Å². The molecule has 0 aliphatic carbocycles. The summed E-state index contributed by atoms with van der Waals surface area (Å²) in [6.07, 6.45) is 8.72. The van der Waals surface area contributed by atoms with E-state index in [1.54, 1.807) is 43.0 Å². The second-order valence-corrected chi connectivity index (χ2v) is 14.7. The number of anilines is 1. The number of imide groups is 1. The van der Waals surface area contributed by atoms with Gasteiger partial charge in [-0.2, -0.15) is 0 Å². The van der Waals surface area contributed by atoms with E-state index in [1.165, 1.54) is 12.2 Å². The van der Waals surface area contributed by atoms with Crippen molar-refractivity contribution >= 4 is 47.3 Å². The van der Waals surface area contributed by atoms with Crippen LogP contribution in [0.5, 0.6) is 0 Å². The van der Waals surface area contributed by atoms with Gasteiger partial charge in [-0.1, -0.05) is 32.4 Å². The van der Waals surface area contributed by atoms with Crippen LogP contribution in [0.1, 0.15) is 83.6 Å². The highest BCUT2D eigenvalue weighted by Crippen LogP contribution is 2.39. The molecule has 8 amide bonds. The fourth-order valence-electron chi connectivity index (χ4n) is 6.98. The van der Waals surface area contributed by atoms with Gasteiger partial charge in [-0.15, -0.1) is 0 Å². The molecule has 3 aliphatic heterocycles. The van der Waals surface area contributed by atoms with Gasteiger partial charge in [0.05, 0.1) is 0 Å². The van der Waals surface area contributed by atoms with E-state index in [9.17, 15) is 33.6 Å². The van der Waals surface area contributed by atoms with Crippen molar-refractivity contribution in [1.29, 1.82) is 0 Å².